The lowest BCUT2D eigenvalue weighted by Gasteiger charge is -2.32. The molecule has 0 unspecified atom stereocenters. The van der Waals surface area contributed by atoms with Crippen LogP contribution in [0.2, 0.25) is 0 Å². The molecule has 0 amide bonds. The van der Waals surface area contributed by atoms with E-state index in [4.69, 9.17) is 9.51 Å². The van der Waals surface area contributed by atoms with Gasteiger partial charge < -0.3 is 9.42 Å². The molecule has 0 spiro atoms. The van der Waals surface area contributed by atoms with Gasteiger partial charge in [-0.3, -0.25) is 4.90 Å². The Kier molecular flexibility index (Phi) is 7.17. The zero-order valence-electron chi connectivity index (χ0n) is 21.4. The number of nitrogens with zero attached hydrogens (tertiary/aromatic N) is 5. The van der Waals surface area contributed by atoms with E-state index in [-0.39, 0.29) is 5.41 Å². The predicted octanol–water partition coefficient (Wildman–Crippen LogP) is 5.70. The van der Waals surface area contributed by atoms with E-state index in [1.807, 2.05) is 19.2 Å². The fourth-order valence-corrected chi connectivity index (χ4v) is 4.36. The zero-order valence-corrected chi connectivity index (χ0v) is 21.4. The van der Waals surface area contributed by atoms with Crippen molar-refractivity contribution in [2.75, 3.05) is 38.6 Å². The summed E-state index contributed by atoms with van der Waals surface area (Å²) in [7, 11) is 4.13. The second-order valence-corrected chi connectivity index (χ2v) is 10.5. The Morgan fingerprint density at radius 2 is 1.82 bits per heavy atom. The van der Waals surface area contributed by atoms with Crippen LogP contribution in [0.4, 0.5) is 5.69 Å². The number of benzene rings is 1. The van der Waals surface area contributed by atoms with Crippen LogP contribution in [0.25, 0.3) is 17.4 Å². The third kappa shape index (κ3) is 5.73. The summed E-state index contributed by atoms with van der Waals surface area (Å²) < 4.78 is 5.59. The molecule has 0 radical (unpaired) electrons. The number of aromatic nitrogens is 3. The van der Waals surface area contributed by atoms with Crippen molar-refractivity contribution in [1.29, 1.82) is 0 Å². The maximum absolute atomic E-state index is 5.59. The number of likely N-dealkylation sites (tertiary alicyclic amines) is 1. The molecule has 1 fully saturated rings. The van der Waals surface area contributed by atoms with Gasteiger partial charge >= 0.3 is 0 Å². The van der Waals surface area contributed by atoms with Crippen LogP contribution in [0, 0.1) is 6.92 Å². The van der Waals surface area contributed by atoms with E-state index in [0.717, 1.165) is 61.0 Å². The smallest absolute Gasteiger partial charge is 0.170 e. The van der Waals surface area contributed by atoms with Crippen LogP contribution in [0.1, 0.15) is 62.3 Å². The molecule has 34 heavy (non-hydrogen) atoms. The van der Waals surface area contributed by atoms with Crippen molar-refractivity contribution in [3.8, 4) is 11.3 Å². The summed E-state index contributed by atoms with van der Waals surface area (Å²) >= 11 is 0. The Bertz CT molecular complexity index is 1120. The topological polar surface area (TPSA) is 58.3 Å². The molecule has 1 saturated heterocycles. The molecule has 6 nitrogen and oxygen atoms in total. The number of anilines is 1. The van der Waals surface area contributed by atoms with Crippen molar-refractivity contribution in [3.63, 3.8) is 0 Å². The van der Waals surface area contributed by atoms with Crippen molar-refractivity contribution in [2.24, 2.45) is 0 Å². The number of rotatable bonds is 6. The highest BCUT2D eigenvalue weighted by molar-refractivity contribution is 5.60. The molecule has 0 bridgehead atoms. The van der Waals surface area contributed by atoms with Gasteiger partial charge in [-0.1, -0.05) is 50.2 Å². The first-order chi connectivity index (χ1) is 16.2. The van der Waals surface area contributed by atoms with Gasteiger partial charge in [0.1, 0.15) is 5.82 Å². The van der Waals surface area contributed by atoms with E-state index in [2.05, 4.69) is 91.2 Å². The number of piperidine rings is 1. The minimum atomic E-state index is -0.0964. The molecule has 0 atom stereocenters. The van der Waals surface area contributed by atoms with Gasteiger partial charge in [0.2, 0.25) is 0 Å². The van der Waals surface area contributed by atoms with Crippen LogP contribution in [0.5, 0.6) is 0 Å². The molecule has 0 N–H and O–H groups in total. The minimum absolute atomic E-state index is 0.0964. The maximum atomic E-state index is 5.59. The van der Waals surface area contributed by atoms with Crippen molar-refractivity contribution < 1.29 is 4.52 Å². The predicted molar refractivity (Wildman–Crippen MR) is 139 cm³/mol. The highest BCUT2D eigenvalue weighted by Gasteiger charge is 2.28. The lowest BCUT2D eigenvalue weighted by Crippen LogP contribution is -2.33. The van der Waals surface area contributed by atoms with E-state index in [9.17, 15) is 0 Å². The van der Waals surface area contributed by atoms with Gasteiger partial charge in [-0.05, 0) is 50.6 Å². The highest BCUT2D eigenvalue weighted by atomic mass is 16.5. The van der Waals surface area contributed by atoms with Gasteiger partial charge in [0.05, 0.1) is 17.0 Å². The quantitative estimate of drug-likeness (QED) is 0.471. The van der Waals surface area contributed by atoms with Gasteiger partial charge in [0, 0.05) is 49.9 Å². The third-order valence-corrected chi connectivity index (χ3v) is 6.44. The van der Waals surface area contributed by atoms with Gasteiger partial charge in [-0.25, -0.2) is 9.97 Å². The first-order valence-corrected chi connectivity index (χ1v) is 12.2. The fraction of sp³-hybridized carbons (Fsp3) is 0.464. The first kappa shape index (κ1) is 24.1. The zero-order chi connectivity index (χ0) is 24.3. The molecule has 1 aliphatic heterocycles. The monoisotopic (exact) mass is 459 g/mol. The summed E-state index contributed by atoms with van der Waals surface area (Å²) in [6.45, 7) is 11.5. The molecule has 2 aromatic heterocycles. The van der Waals surface area contributed by atoms with Gasteiger partial charge in [-0.15, -0.1) is 0 Å². The molecule has 3 aromatic rings. The standard InChI is InChI=1S/C28H37N5O/c1-20-18-25(34-31-20)24-19-29-27(28(2,3)4)30-26(24)22-13-16-33(17-14-22)15-7-8-21-9-11-23(12-10-21)32(5)6/h7-12,18-19,22H,13-17H2,1-6H3. The minimum Gasteiger partial charge on any atom is -0.378 e. The number of hydrogen-bond acceptors (Lipinski definition) is 6. The lowest BCUT2D eigenvalue weighted by atomic mass is 9.89. The summed E-state index contributed by atoms with van der Waals surface area (Å²) in [5, 5.41) is 4.09. The van der Waals surface area contributed by atoms with Crippen molar-refractivity contribution >= 4 is 11.8 Å². The van der Waals surface area contributed by atoms with Crippen LogP contribution in [-0.4, -0.2) is 53.8 Å². The molecule has 0 aliphatic carbocycles. The Morgan fingerprint density at radius 3 is 2.41 bits per heavy atom. The SMILES string of the molecule is Cc1cc(-c2cnc(C(C)(C)C)nc2C2CCN(CC=Cc3ccc(N(C)C)cc3)CC2)on1. The molecule has 1 aromatic carbocycles. The lowest BCUT2D eigenvalue weighted by molar-refractivity contribution is 0.231. The molecule has 1 aliphatic rings. The molecular formula is C28H37N5O. The summed E-state index contributed by atoms with van der Waals surface area (Å²) in [5.74, 6) is 2.04. The fourth-order valence-electron chi connectivity index (χ4n) is 4.36. The Labute approximate surface area is 203 Å². The van der Waals surface area contributed by atoms with E-state index in [1.165, 1.54) is 11.3 Å². The van der Waals surface area contributed by atoms with Crippen LogP contribution in [0.3, 0.4) is 0 Å². The Balaban J connectivity index is 1.43. The number of aryl methyl sites for hydroxylation is 1. The molecule has 180 valence electrons. The summed E-state index contributed by atoms with van der Waals surface area (Å²) in [5.41, 5.74) is 5.32. The van der Waals surface area contributed by atoms with Crippen molar-refractivity contribution in [2.45, 2.75) is 51.9 Å². The van der Waals surface area contributed by atoms with Gasteiger partial charge in [0.25, 0.3) is 0 Å². The summed E-state index contributed by atoms with van der Waals surface area (Å²) in [6.07, 6.45) is 8.57. The normalized spacial score (nSPS) is 15.8. The Hall–Kier alpha value is -2.99. The van der Waals surface area contributed by atoms with Crippen LogP contribution in [0.15, 0.2) is 47.1 Å². The van der Waals surface area contributed by atoms with E-state index in [1.54, 1.807) is 0 Å². The third-order valence-electron chi connectivity index (χ3n) is 6.44. The van der Waals surface area contributed by atoms with Crippen LogP contribution < -0.4 is 4.90 Å². The molecule has 6 heteroatoms. The van der Waals surface area contributed by atoms with Gasteiger partial charge in [-0.2, -0.15) is 0 Å². The second-order valence-electron chi connectivity index (χ2n) is 10.5. The van der Waals surface area contributed by atoms with E-state index >= 15 is 0 Å². The second kappa shape index (κ2) is 10.1. The molecule has 4 rings (SSSR count). The van der Waals surface area contributed by atoms with E-state index < -0.39 is 0 Å². The first-order valence-electron chi connectivity index (χ1n) is 12.2. The molecule has 3 heterocycles. The maximum Gasteiger partial charge on any atom is 0.170 e. The van der Waals surface area contributed by atoms with Crippen LogP contribution in [-0.2, 0) is 5.41 Å². The van der Waals surface area contributed by atoms with Gasteiger partial charge in [0.15, 0.2) is 5.76 Å². The van der Waals surface area contributed by atoms with Crippen molar-refractivity contribution in [3.05, 3.63) is 65.4 Å². The summed E-state index contributed by atoms with van der Waals surface area (Å²) in [6, 6.07) is 10.6. The van der Waals surface area contributed by atoms with Crippen molar-refractivity contribution in [1.82, 2.24) is 20.0 Å². The highest BCUT2D eigenvalue weighted by Crippen LogP contribution is 2.35. The number of hydrogen-bond donors (Lipinski definition) is 0. The average molecular weight is 460 g/mol. The molecular weight excluding hydrogens is 422 g/mol. The van der Waals surface area contributed by atoms with Crippen LogP contribution >= 0.6 is 0 Å². The average Bonchev–Trinajstić information content (AvgIpc) is 3.25. The Morgan fingerprint density at radius 1 is 1.12 bits per heavy atom. The largest absolute Gasteiger partial charge is 0.378 e. The van der Waals surface area contributed by atoms with E-state index in [0.29, 0.717) is 5.92 Å². The molecule has 0 saturated carbocycles. The summed E-state index contributed by atoms with van der Waals surface area (Å²) in [4.78, 5) is 14.4.